The lowest BCUT2D eigenvalue weighted by atomic mass is 10.2. The van der Waals surface area contributed by atoms with Gasteiger partial charge in [0.1, 0.15) is 11.4 Å². The molecule has 1 aliphatic heterocycles. The molecule has 0 saturated carbocycles. The van der Waals surface area contributed by atoms with E-state index in [1.165, 1.54) is 6.07 Å². The van der Waals surface area contributed by atoms with Crippen LogP contribution in [0, 0.1) is 10.1 Å². The van der Waals surface area contributed by atoms with E-state index >= 15 is 0 Å². The Morgan fingerprint density at radius 3 is 2.29 bits per heavy atom. The molecular formula is C17H18ClN3O3. The molecule has 1 aliphatic rings. The third-order valence-corrected chi connectivity index (χ3v) is 4.42. The number of rotatable bonds is 4. The van der Waals surface area contributed by atoms with Gasteiger partial charge in [0.05, 0.1) is 17.7 Å². The van der Waals surface area contributed by atoms with Crippen LogP contribution >= 0.6 is 11.6 Å². The first-order valence-electron chi connectivity index (χ1n) is 7.67. The fraction of sp³-hybridized carbons (Fsp3) is 0.294. The minimum absolute atomic E-state index is 0.0493. The van der Waals surface area contributed by atoms with Gasteiger partial charge >= 0.3 is 0 Å². The first kappa shape index (κ1) is 16.4. The van der Waals surface area contributed by atoms with E-state index in [0.717, 1.165) is 24.5 Å². The summed E-state index contributed by atoms with van der Waals surface area (Å²) in [5.41, 5.74) is 1.71. The smallest absolute Gasteiger partial charge is 0.294 e. The van der Waals surface area contributed by atoms with Crippen molar-refractivity contribution in [1.82, 2.24) is 0 Å². The maximum Gasteiger partial charge on any atom is 0.294 e. The molecule has 2 aromatic carbocycles. The average Bonchev–Trinajstić information content (AvgIpc) is 2.62. The van der Waals surface area contributed by atoms with Crippen LogP contribution in [0.3, 0.4) is 0 Å². The van der Waals surface area contributed by atoms with E-state index in [1.54, 1.807) is 19.2 Å². The minimum atomic E-state index is -0.381. The molecule has 6 nitrogen and oxygen atoms in total. The summed E-state index contributed by atoms with van der Waals surface area (Å²) in [6.07, 6.45) is 0. The van der Waals surface area contributed by atoms with Crippen LogP contribution in [-0.4, -0.2) is 38.2 Å². The van der Waals surface area contributed by atoms with Crippen LogP contribution in [0.15, 0.2) is 42.5 Å². The van der Waals surface area contributed by atoms with E-state index in [1.807, 2.05) is 29.2 Å². The molecule has 0 spiro atoms. The van der Waals surface area contributed by atoms with Gasteiger partial charge in [-0.1, -0.05) is 23.7 Å². The molecule has 2 aromatic rings. The summed E-state index contributed by atoms with van der Waals surface area (Å²) >= 11 is 5.89. The van der Waals surface area contributed by atoms with Crippen molar-refractivity contribution >= 4 is 28.7 Å². The number of hydrogen-bond acceptors (Lipinski definition) is 5. The Kier molecular flexibility index (Phi) is 4.76. The Bertz CT molecular complexity index is 746. The molecule has 0 atom stereocenters. The highest BCUT2D eigenvalue weighted by Crippen LogP contribution is 2.33. The number of piperazine rings is 1. The lowest BCUT2D eigenvalue weighted by Gasteiger charge is -2.37. The van der Waals surface area contributed by atoms with Crippen LogP contribution in [0.25, 0.3) is 0 Å². The van der Waals surface area contributed by atoms with Gasteiger partial charge in [-0.25, -0.2) is 0 Å². The molecule has 24 heavy (non-hydrogen) atoms. The van der Waals surface area contributed by atoms with Crippen LogP contribution in [0.2, 0.25) is 5.02 Å². The van der Waals surface area contributed by atoms with Gasteiger partial charge in [0, 0.05) is 37.3 Å². The summed E-state index contributed by atoms with van der Waals surface area (Å²) in [6, 6.07) is 12.7. The summed E-state index contributed by atoms with van der Waals surface area (Å²) in [5, 5.41) is 11.7. The highest BCUT2D eigenvalue weighted by molar-refractivity contribution is 6.30. The first-order chi connectivity index (χ1) is 11.6. The van der Waals surface area contributed by atoms with E-state index in [-0.39, 0.29) is 10.6 Å². The topological polar surface area (TPSA) is 58.8 Å². The molecule has 0 aliphatic carbocycles. The van der Waals surface area contributed by atoms with Gasteiger partial charge in [0.15, 0.2) is 0 Å². The molecule has 1 heterocycles. The lowest BCUT2D eigenvalue weighted by Crippen LogP contribution is -2.46. The second-order valence-corrected chi connectivity index (χ2v) is 5.97. The first-order valence-corrected chi connectivity index (χ1v) is 8.05. The molecule has 0 bridgehead atoms. The Morgan fingerprint density at radius 2 is 1.67 bits per heavy atom. The number of ether oxygens (including phenoxy) is 1. The molecule has 0 N–H and O–H groups in total. The van der Waals surface area contributed by atoms with Crippen molar-refractivity contribution in [3.63, 3.8) is 0 Å². The molecular weight excluding hydrogens is 330 g/mol. The van der Waals surface area contributed by atoms with Crippen LogP contribution in [0.1, 0.15) is 0 Å². The second-order valence-electron chi connectivity index (χ2n) is 5.54. The van der Waals surface area contributed by atoms with E-state index in [2.05, 4.69) is 4.90 Å². The zero-order valence-electron chi connectivity index (χ0n) is 13.3. The Hall–Kier alpha value is -2.47. The number of nitrogens with zero attached hydrogens (tertiary/aromatic N) is 3. The molecule has 7 heteroatoms. The van der Waals surface area contributed by atoms with Crippen molar-refractivity contribution < 1.29 is 9.66 Å². The van der Waals surface area contributed by atoms with Gasteiger partial charge in [-0.2, -0.15) is 0 Å². The van der Waals surface area contributed by atoms with Crippen molar-refractivity contribution in [3.05, 3.63) is 57.6 Å². The van der Waals surface area contributed by atoms with Crippen LogP contribution in [0.4, 0.5) is 17.1 Å². The number of anilines is 2. The molecule has 1 saturated heterocycles. The molecule has 1 fully saturated rings. The number of halogens is 1. The summed E-state index contributed by atoms with van der Waals surface area (Å²) in [6.45, 7) is 2.92. The largest absolute Gasteiger partial charge is 0.495 e. The number of nitro groups is 1. The van der Waals surface area contributed by atoms with Gasteiger partial charge in [0.25, 0.3) is 5.69 Å². The minimum Gasteiger partial charge on any atom is -0.495 e. The van der Waals surface area contributed by atoms with Gasteiger partial charge in [0.2, 0.25) is 0 Å². The third-order valence-electron chi connectivity index (χ3n) is 4.18. The van der Waals surface area contributed by atoms with E-state index in [0.29, 0.717) is 23.8 Å². The SMILES string of the molecule is COc1ccccc1N1CCN(c2ccc(Cl)cc2[N+](=O)[O-])CC1. The standard InChI is InChI=1S/C17H18ClN3O3/c1-24-17-5-3-2-4-15(17)20-10-8-19(9-11-20)14-7-6-13(18)12-16(14)21(22)23/h2-7,12H,8-11H2,1H3. The predicted molar refractivity (Wildman–Crippen MR) is 95.5 cm³/mol. The van der Waals surface area contributed by atoms with Crippen molar-refractivity contribution in [3.8, 4) is 5.75 Å². The highest BCUT2D eigenvalue weighted by atomic mass is 35.5. The number of methoxy groups -OCH3 is 1. The van der Waals surface area contributed by atoms with Crippen LogP contribution in [0.5, 0.6) is 5.75 Å². The second kappa shape index (κ2) is 6.97. The van der Waals surface area contributed by atoms with Crippen molar-refractivity contribution in [2.75, 3.05) is 43.1 Å². The van der Waals surface area contributed by atoms with Crippen molar-refractivity contribution in [2.24, 2.45) is 0 Å². The normalized spacial score (nSPS) is 14.6. The number of benzene rings is 2. The molecule has 0 radical (unpaired) electrons. The average molecular weight is 348 g/mol. The van der Waals surface area contributed by atoms with E-state index in [4.69, 9.17) is 16.3 Å². The number of hydrogen-bond donors (Lipinski definition) is 0. The van der Waals surface area contributed by atoms with Gasteiger partial charge in [-0.15, -0.1) is 0 Å². The number of para-hydroxylation sites is 2. The lowest BCUT2D eigenvalue weighted by molar-refractivity contribution is -0.384. The predicted octanol–water partition coefficient (Wildman–Crippen LogP) is 3.58. The van der Waals surface area contributed by atoms with Gasteiger partial charge in [-0.3, -0.25) is 10.1 Å². The van der Waals surface area contributed by atoms with E-state index < -0.39 is 0 Å². The summed E-state index contributed by atoms with van der Waals surface area (Å²) in [7, 11) is 1.66. The monoisotopic (exact) mass is 347 g/mol. The molecule has 0 aromatic heterocycles. The molecule has 126 valence electrons. The summed E-state index contributed by atoms with van der Waals surface area (Å²) < 4.78 is 5.41. The van der Waals surface area contributed by atoms with Gasteiger partial charge in [-0.05, 0) is 24.3 Å². The fourth-order valence-electron chi connectivity index (χ4n) is 2.99. The Balaban J connectivity index is 1.77. The molecule has 0 unspecified atom stereocenters. The summed E-state index contributed by atoms with van der Waals surface area (Å²) in [4.78, 5) is 15.2. The summed E-state index contributed by atoms with van der Waals surface area (Å²) in [5.74, 6) is 0.837. The zero-order chi connectivity index (χ0) is 17.1. The maximum absolute atomic E-state index is 11.3. The van der Waals surface area contributed by atoms with Crippen molar-refractivity contribution in [1.29, 1.82) is 0 Å². The quantitative estimate of drug-likeness (QED) is 0.625. The zero-order valence-corrected chi connectivity index (χ0v) is 14.1. The van der Waals surface area contributed by atoms with Gasteiger partial charge < -0.3 is 14.5 Å². The Labute approximate surface area is 145 Å². The van der Waals surface area contributed by atoms with Crippen LogP contribution in [-0.2, 0) is 0 Å². The molecule has 3 rings (SSSR count). The van der Waals surface area contributed by atoms with Crippen molar-refractivity contribution in [2.45, 2.75) is 0 Å². The highest BCUT2D eigenvalue weighted by Gasteiger charge is 2.25. The van der Waals surface area contributed by atoms with E-state index in [9.17, 15) is 10.1 Å². The number of nitro benzene ring substituents is 1. The fourth-order valence-corrected chi connectivity index (χ4v) is 3.16. The molecule has 0 amide bonds. The maximum atomic E-state index is 11.3. The third kappa shape index (κ3) is 3.23. The van der Waals surface area contributed by atoms with Crippen LogP contribution < -0.4 is 14.5 Å². The Morgan fingerprint density at radius 1 is 1.04 bits per heavy atom.